The lowest BCUT2D eigenvalue weighted by molar-refractivity contribution is -0.151. The quantitative estimate of drug-likeness (QED) is 0.610. The zero-order valence-corrected chi connectivity index (χ0v) is 15.9. The van der Waals surface area contributed by atoms with E-state index >= 15 is 0 Å². The Labute approximate surface area is 155 Å². The van der Waals surface area contributed by atoms with Gasteiger partial charge in [0.25, 0.3) is 11.8 Å². The molecule has 9 nitrogen and oxygen atoms in total. The predicted octanol–water partition coefficient (Wildman–Crippen LogP) is 1.11. The van der Waals surface area contributed by atoms with Crippen molar-refractivity contribution < 1.29 is 33.4 Å². The smallest absolute Gasteiger partial charge is 0.341 e. The Morgan fingerprint density at radius 2 is 1.73 bits per heavy atom. The van der Waals surface area contributed by atoms with Gasteiger partial charge in [0.2, 0.25) is 0 Å². The second kappa shape index (κ2) is 10.5. The van der Waals surface area contributed by atoms with E-state index in [0.29, 0.717) is 12.2 Å². The molecule has 10 heteroatoms. The summed E-state index contributed by atoms with van der Waals surface area (Å²) in [6.07, 6.45) is 0. The van der Waals surface area contributed by atoms with Crippen molar-refractivity contribution in [3.63, 3.8) is 0 Å². The van der Waals surface area contributed by atoms with E-state index in [1.165, 1.54) is 7.05 Å². The minimum absolute atomic E-state index is 0.101. The second-order valence-corrected chi connectivity index (χ2v) is 5.93. The molecule has 144 valence electrons. The van der Waals surface area contributed by atoms with Gasteiger partial charge in [-0.1, -0.05) is 0 Å². The molecule has 0 aliphatic rings. The molecule has 0 bridgehead atoms. The molecular formula is C16H22N2O7S. The van der Waals surface area contributed by atoms with Crippen LogP contribution in [0.1, 0.15) is 39.4 Å². The molecule has 0 spiro atoms. The first-order valence-electron chi connectivity index (χ1n) is 7.91. The summed E-state index contributed by atoms with van der Waals surface area (Å²) in [6.45, 7) is 4.66. The summed E-state index contributed by atoms with van der Waals surface area (Å²) in [7, 11) is 1.46. The van der Waals surface area contributed by atoms with E-state index in [-0.39, 0.29) is 34.6 Å². The number of rotatable bonds is 9. The van der Waals surface area contributed by atoms with Crippen molar-refractivity contribution in [2.75, 3.05) is 38.8 Å². The van der Waals surface area contributed by atoms with Gasteiger partial charge in [0, 0.05) is 13.7 Å². The van der Waals surface area contributed by atoms with Crippen molar-refractivity contribution in [1.29, 1.82) is 0 Å². The van der Waals surface area contributed by atoms with Gasteiger partial charge in [-0.25, -0.2) is 9.59 Å². The molecule has 1 aromatic heterocycles. The van der Waals surface area contributed by atoms with Crippen LogP contribution in [-0.4, -0.2) is 57.2 Å². The summed E-state index contributed by atoms with van der Waals surface area (Å²) < 4.78 is 14.6. The van der Waals surface area contributed by atoms with Crippen molar-refractivity contribution in [2.24, 2.45) is 0 Å². The normalized spacial score (nSPS) is 10.2. The average molecular weight is 386 g/mol. The van der Waals surface area contributed by atoms with Gasteiger partial charge in [0.1, 0.15) is 11.6 Å². The standard InChI is InChI=1S/C16H22N2O7S/c1-5-23-8-11(20)25-7-10(19)18-15-12(16(22)24-6-2)9(3)13(26-15)14(21)17-4/h5-8H2,1-4H3,(H,17,21)(H,18,19). The Balaban J connectivity index is 2.92. The molecule has 0 aromatic carbocycles. The lowest BCUT2D eigenvalue weighted by Gasteiger charge is -2.08. The van der Waals surface area contributed by atoms with Crippen LogP contribution in [0.4, 0.5) is 5.00 Å². The number of carbonyl (C=O) groups is 4. The van der Waals surface area contributed by atoms with Gasteiger partial charge in [0.15, 0.2) is 6.61 Å². The van der Waals surface area contributed by atoms with Crippen LogP contribution in [0.15, 0.2) is 0 Å². The molecule has 2 amide bonds. The number of hydrogen-bond donors (Lipinski definition) is 2. The Morgan fingerprint density at radius 1 is 1.04 bits per heavy atom. The molecular weight excluding hydrogens is 364 g/mol. The molecule has 0 fully saturated rings. The molecule has 0 radical (unpaired) electrons. The Hall–Kier alpha value is -2.46. The van der Waals surface area contributed by atoms with Crippen molar-refractivity contribution >= 4 is 40.1 Å². The van der Waals surface area contributed by atoms with Crippen LogP contribution in [0, 0.1) is 6.92 Å². The van der Waals surface area contributed by atoms with Crippen LogP contribution < -0.4 is 10.6 Å². The summed E-state index contributed by atoms with van der Waals surface area (Å²) in [6, 6.07) is 0. The van der Waals surface area contributed by atoms with Crippen LogP contribution in [0.25, 0.3) is 0 Å². The number of carbonyl (C=O) groups excluding carboxylic acids is 4. The molecule has 1 heterocycles. The molecule has 0 aliphatic heterocycles. The number of anilines is 1. The highest BCUT2D eigenvalue weighted by Gasteiger charge is 2.26. The van der Waals surface area contributed by atoms with Crippen molar-refractivity contribution in [3.05, 3.63) is 16.0 Å². The SMILES string of the molecule is CCOCC(=O)OCC(=O)Nc1sc(C(=O)NC)c(C)c1C(=O)OCC. The Morgan fingerprint density at radius 3 is 2.31 bits per heavy atom. The fourth-order valence-electron chi connectivity index (χ4n) is 1.92. The van der Waals surface area contributed by atoms with Crippen molar-refractivity contribution in [2.45, 2.75) is 20.8 Å². The zero-order chi connectivity index (χ0) is 19.7. The molecule has 0 saturated carbocycles. The Kier molecular flexibility index (Phi) is 8.73. The summed E-state index contributed by atoms with van der Waals surface area (Å²) in [4.78, 5) is 47.7. The van der Waals surface area contributed by atoms with E-state index < -0.39 is 24.5 Å². The van der Waals surface area contributed by atoms with Gasteiger partial charge < -0.3 is 24.8 Å². The highest BCUT2D eigenvalue weighted by Crippen LogP contribution is 2.33. The number of thiophene rings is 1. The van der Waals surface area contributed by atoms with E-state index in [2.05, 4.69) is 10.6 Å². The van der Waals surface area contributed by atoms with Crippen molar-refractivity contribution in [1.82, 2.24) is 5.32 Å². The average Bonchev–Trinajstić information content (AvgIpc) is 2.93. The van der Waals surface area contributed by atoms with Crippen molar-refractivity contribution in [3.8, 4) is 0 Å². The molecule has 0 aliphatic carbocycles. The first-order valence-corrected chi connectivity index (χ1v) is 8.73. The monoisotopic (exact) mass is 386 g/mol. The van der Waals surface area contributed by atoms with Gasteiger partial charge in [0.05, 0.1) is 17.0 Å². The molecule has 1 rings (SSSR count). The predicted molar refractivity (Wildman–Crippen MR) is 94.5 cm³/mol. The third-order valence-electron chi connectivity index (χ3n) is 3.10. The summed E-state index contributed by atoms with van der Waals surface area (Å²) in [5.74, 6) is -2.37. The summed E-state index contributed by atoms with van der Waals surface area (Å²) in [5.41, 5.74) is 0.501. The fourth-order valence-corrected chi connectivity index (χ4v) is 3.07. The molecule has 2 N–H and O–H groups in total. The first-order chi connectivity index (χ1) is 12.3. The van der Waals surface area contributed by atoms with E-state index in [1.807, 2.05) is 0 Å². The van der Waals surface area contributed by atoms with Crippen LogP contribution in [0.5, 0.6) is 0 Å². The van der Waals surface area contributed by atoms with E-state index in [4.69, 9.17) is 14.2 Å². The number of hydrogen-bond acceptors (Lipinski definition) is 8. The first kappa shape index (κ1) is 21.6. The third-order valence-corrected chi connectivity index (χ3v) is 4.31. The van der Waals surface area contributed by atoms with Gasteiger partial charge in [-0.15, -0.1) is 11.3 Å². The minimum atomic E-state index is -0.680. The molecule has 0 atom stereocenters. The van der Waals surface area contributed by atoms with Gasteiger partial charge >= 0.3 is 11.9 Å². The molecule has 26 heavy (non-hydrogen) atoms. The Bertz CT molecular complexity index is 684. The van der Waals surface area contributed by atoms with Crippen LogP contribution in [-0.2, 0) is 23.8 Å². The number of amides is 2. The lowest BCUT2D eigenvalue weighted by Crippen LogP contribution is -2.23. The number of esters is 2. The summed E-state index contributed by atoms with van der Waals surface area (Å²) in [5, 5.41) is 5.11. The van der Waals surface area contributed by atoms with Crippen LogP contribution in [0.3, 0.4) is 0 Å². The topological polar surface area (TPSA) is 120 Å². The highest BCUT2D eigenvalue weighted by molar-refractivity contribution is 7.18. The van der Waals surface area contributed by atoms with E-state index in [0.717, 1.165) is 11.3 Å². The maximum atomic E-state index is 12.2. The van der Waals surface area contributed by atoms with Gasteiger partial charge in [-0.05, 0) is 26.3 Å². The van der Waals surface area contributed by atoms with Gasteiger partial charge in [-0.2, -0.15) is 0 Å². The number of nitrogens with one attached hydrogen (secondary N) is 2. The fraction of sp³-hybridized carbons (Fsp3) is 0.500. The van der Waals surface area contributed by atoms with Crippen LogP contribution >= 0.6 is 11.3 Å². The molecule has 1 aromatic rings. The third kappa shape index (κ3) is 5.81. The van der Waals surface area contributed by atoms with Gasteiger partial charge in [-0.3, -0.25) is 9.59 Å². The van der Waals surface area contributed by atoms with E-state index in [1.54, 1.807) is 20.8 Å². The van der Waals surface area contributed by atoms with E-state index in [9.17, 15) is 19.2 Å². The minimum Gasteiger partial charge on any atom is -0.462 e. The maximum Gasteiger partial charge on any atom is 0.341 e. The highest BCUT2D eigenvalue weighted by atomic mass is 32.1. The number of ether oxygens (including phenoxy) is 3. The lowest BCUT2D eigenvalue weighted by atomic mass is 10.1. The molecule has 0 saturated heterocycles. The summed E-state index contributed by atoms with van der Waals surface area (Å²) >= 11 is 0.939. The molecule has 0 unspecified atom stereocenters. The largest absolute Gasteiger partial charge is 0.462 e. The van der Waals surface area contributed by atoms with Crippen LogP contribution in [0.2, 0.25) is 0 Å². The second-order valence-electron chi connectivity index (χ2n) is 4.91. The maximum absolute atomic E-state index is 12.2. The zero-order valence-electron chi connectivity index (χ0n) is 15.1.